The summed E-state index contributed by atoms with van der Waals surface area (Å²) < 4.78 is 5.06. The van der Waals surface area contributed by atoms with Crippen LogP contribution in [0.3, 0.4) is 0 Å². The number of benzene rings is 1. The van der Waals surface area contributed by atoms with Crippen LogP contribution in [0.1, 0.15) is 0 Å². The van der Waals surface area contributed by atoms with E-state index in [-0.39, 0.29) is 0 Å². The Balaban J connectivity index is 2.44. The van der Waals surface area contributed by atoms with Gasteiger partial charge in [0.15, 0.2) is 0 Å². The van der Waals surface area contributed by atoms with Crippen LogP contribution in [-0.4, -0.2) is 18.7 Å². The first-order valence-corrected chi connectivity index (χ1v) is 4.06. The smallest absolute Gasteiger partial charge is 0.423 e. The van der Waals surface area contributed by atoms with E-state index in [1.165, 1.54) is 6.20 Å². The zero-order chi connectivity index (χ0) is 9.52. The predicted molar refractivity (Wildman–Crippen MR) is 53.3 cm³/mol. The van der Waals surface area contributed by atoms with Crippen LogP contribution in [0, 0.1) is 0 Å². The van der Waals surface area contributed by atoms with Crippen LogP contribution < -0.4 is 11.2 Å². The van der Waals surface area contributed by atoms with Gasteiger partial charge >= 0.3 is 7.12 Å². The van der Waals surface area contributed by atoms with E-state index in [9.17, 15) is 5.02 Å². The van der Waals surface area contributed by atoms with E-state index in [0.29, 0.717) is 6.61 Å². The lowest BCUT2D eigenvalue weighted by molar-refractivity contribution is 0.304. The molecule has 1 aromatic carbocycles. The summed E-state index contributed by atoms with van der Waals surface area (Å²) in [5.74, 6) is 0. The van der Waals surface area contributed by atoms with Crippen LogP contribution in [0.25, 0.3) is 0 Å². The van der Waals surface area contributed by atoms with Crippen molar-refractivity contribution in [2.45, 2.75) is 0 Å². The molecule has 0 fully saturated rings. The van der Waals surface area contributed by atoms with Gasteiger partial charge in [-0.25, -0.2) is 0 Å². The molecular weight excluding hydrogens is 165 g/mol. The lowest BCUT2D eigenvalue weighted by Crippen LogP contribution is -2.33. The van der Waals surface area contributed by atoms with Gasteiger partial charge in [-0.1, -0.05) is 30.3 Å². The largest absolute Gasteiger partial charge is 0.491 e. The van der Waals surface area contributed by atoms with Crippen molar-refractivity contribution in [3.63, 3.8) is 0 Å². The Kier molecular flexibility index (Phi) is 4.08. The molecule has 0 unspecified atom stereocenters. The van der Waals surface area contributed by atoms with Gasteiger partial charge in [-0.2, -0.15) is 0 Å². The third kappa shape index (κ3) is 3.31. The Morgan fingerprint density at radius 1 is 1.38 bits per heavy atom. The van der Waals surface area contributed by atoms with Gasteiger partial charge in [0, 0.05) is 0 Å². The Morgan fingerprint density at radius 2 is 2.08 bits per heavy atom. The minimum absolute atomic E-state index is 0.312. The number of hydrogen-bond acceptors (Lipinski definition) is 3. The Labute approximate surface area is 78.0 Å². The minimum Gasteiger partial charge on any atom is -0.423 e. The number of nitrogens with two attached hydrogens (primary N) is 1. The number of hydrogen-bond donors (Lipinski definition) is 2. The molecule has 3 N–H and O–H groups in total. The Bertz CT molecular complexity index is 264. The van der Waals surface area contributed by atoms with Crippen molar-refractivity contribution in [1.29, 1.82) is 0 Å². The van der Waals surface area contributed by atoms with Gasteiger partial charge in [0.2, 0.25) is 0 Å². The fourth-order valence-electron chi connectivity index (χ4n) is 0.916. The van der Waals surface area contributed by atoms with Crippen LogP contribution in [-0.2, 0) is 4.65 Å². The predicted octanol–water partition coefficient (Wildman–Crippen LogP) is -0.137. The molecule has 0 atom stereocenters. The van der Waals surface area contributed by atoms with Gasteiger partial charge in [0.1, 0.15) is 0 Å². The second-order valence-electron chi connectivity index (χ2n) is 2.52. The molecule has 4 heteroatoms. The molecule has 0 amide bonds. The highest BCUT2D eigenvalue weighted by molar-refractivity contribution is 6.59. The van der Waals surface area contributed by atoms with Crippen molar-refractivity contribution in [2.24, 2.45) is 5.73 Å². The van der Waals surface area contributed by atoms with Gasteiger partial charge < -0.3 is 15.4 Å². The van der Waals surface area contributed by atoms with Crippen molar-refractivity contribution in [1.82, 2.24) is 0 Å². The highest BCUT2D eigenvalue weighted by atomic mass is 16.5. The zero-order valence-corrected chi connectivity index (χ0v) is 7.26. The molecule has 1 aromatic rings. The SMILES string of the molecule is NC=CCOB(O)c1ccccc1. The van der Waals surface area contributed by atoms with Gasteiger partial charge in [-0.05, 0) is 17.7 Å². The highest BCUT2D eigenvalue weighted by Crippen LogP contribution is 1.88. The normalized spacial score (nSPS) is 10.5. The maximum atomic E-state index is 9.45. The molecule has 0 radical (unpaired) electrons. The average molecular weight is 177 g/mol. The van der Waals surface area contributed by atoms with Crippen molar-refractivity contribution in [3.8, 4) is 0 Å². The molecule has 1 rings (SSSR count). The second-order valence-corrected chi connectivity index (χ2v) is 2.52. The molecule has 68 valence electrons. The standard InChI is InChI=1S/C9H12BNO2/c11-7-4-8-13-10(12)9-5-2-1-3-6-9/h1-7,12H,8,11H2. The van der Waals surface area contributed by atoms with E-state index in [0.717, 1.165) is 5.46 Å². The third-order valence-corrected chi connectivity index (χ3v) is 1.57. The maximum absolute atomic E-state index is 9.45. The summed E-state index contributed by atoms with van der Waals surface area (Å²) in [6, 6.07) is 9.19. The third-order valence-electron chi connectivity index (χ3n) is 1.57. The molecule has 3 nitrogen and oxygen atoms in total. The summed E-state index contributed by atoms with van der Waals surface area (Å²) in [6.45, 7) is 0.312. The van der Waals surface area contributed by atoms with E-state index in [1.807, 2.05) is 18.2 Å². The monoisotopic (exact) mass is 177 g/mol. The molecule has 0 heterocycles. The molecule has 0 saturated heterocycles. The Morgan fingerprint density at radius 3 is 2.69 bits per heavy atom. The van der Waals surface area contributed by atoms with Crippen LogP contribution in [0.15, 0.2) is 42.6 Å². The van der Waals surface area contributed by atoms with Gasteiger partial charge in [0.05, 0.1) is 6.61 Å². The highest BCUT2D eigenvalue weighted by Gasteiger charge is 2.13. The van der Waals surface area contributed by atoms with Crippen molar-refractivity contribution in [3.05, 3.63) is 42.6 Å². The molecule has 0 saturated carbocycles. The van der Waals surface area contributed by atoms with E-state index in [4.69, 9.17) is 10.4 Å². The molecule has 13 heavy (non-hydrogen) atoms. The maximum Gasteiger partial charge on any atom is 0.491 e. The minimum atomic E-state index is -0.877. The summed E-state index contributed by atoms with van der Waals surface area (Å²) in [6.07, 6.45) is 3.02. The van der Waals surface area contributed by atoms with E-state index in [1.54, 1.807) is 18.2 Å². The van der Waals surface area contributed by atoms with E-state index >= 15 is 0 Å². The molecular formula is C9H12BNO2. The zero-order valence-electron chi connectivity index (χ0n) is 7.26. The first kappa shape index (κ1) is 9.83. The molecule has 0 bridgehead atoms. The molecule has 0 spiro atoms. The summed E-state index contributed by atoms with van der Waals surface area (Å²) in [7, 11) is -0.877. The fourth-order valence-corrected chi connectivity index (χ4v) is 0.916. The molecule has 0 aliphatic carbocycles. The summed E-state index contributed by atoms with van der Waals surface area (Å²) in [5.41, 5.74) is 5.85. The second kappa shape index (κ2) is 5.40. The number of rotatable bonds is 4. The van der Waals surface area contributed by atoms with Crippen molar-refractivity contribution >= 4 is 12.6 Å². The van der Waals surface area contributed by atoms with Crippen LogP contribution >= 0.6 is 0 Å². The summed E-state index contributed by atoms with van der Waals surface area (Å²) >= 11 is 0. The van der Waals surface area contributed by atoms with Crippen LogP contribution in [0.2, 0.25) is 0 Å². The average Bonchev–Trinajstić information content (AvgIpc) is 2.19. The molecule has 0 aliphatic rings. The first-order chi connectivity index (χ1) is 6.34. The topological polar surface area (TPSA) is 55.5 Å². The van der Waals surface area contributed by atoms with Crippen molar-refractivity contribution < 1.29 is 9.68 Å². The Hall–Kier alpha value is -1.26. The first-order valence-electron chi connectivity index (χ1n) is 4.06. The quantitative estimate of drug-likeness (QED) is 0.629. The molecule has 0 aromatic heterocycles. The summed E-state index contributed by atoms with van der Waals surface area (Å²) in [4.78, 5) is 0. The van der Waals surface area contributed by atoms with E-state index in [2.05, 4.69) is 0 Å². The van der Waals surface area contributed by atoms with Gasteiger partial charge in [-0.15, -0.1) is 0 Å². The lowest BCUT2D eigenvalue weighted by Gasteiger charge is -2.04. The van der Waals surface area contributed by atoms with Gasteiger partial charge in [0.25, 0.3) is 0 Å². The van der Waals surface area contributed by atoms with Crippen molar-refractivity contribution in [2.75, 3.05) is 6.61 Å². The fraction of sp³-hybridized carbons (Fsp3) is 0.111. The van der Waals surface area contributed by atoms with Gasteiger partial charge in [-0.3, -0.25) is 0 Å². The van der Waals surface area contributed by atoms with E-state index < -0.39 is 7.12 Å². The summed E-state index contributed by atoms with van der Waals surface area (Å²) in [5, 5.41) is 9.45. The molecule has 0 aliphatic heterocycles. The lowest BCUT2D eigenvalue weighted by atomic mass is 9.80. The van der Waals surface area contributed by atoms with Crippen LogP contribution in [0.5, 0.6) is 0 Å². The van der Waals surface area contributed by atoms with Crippen LogP contribution in [0.4, 0.5) is 0 Å².